The van der Waals surface area contributed by atoms with Crippen LogP contribution in [-0.2, 0) is 35.0 Å². The van der Waals surface area contributed by atoms with Crippen molar-refractivity contribution in [2.45, 2.75) is 43.2 Å². The van der Waals surface area contributed by atoms with Gasteiger partial charge in [0.25, 0.3) is 0 Å². The van der Waals surface area contributed by atoms with E-state index in [-0.39, 0.29) is 29.1 Å². The predicted molar refractivity (Wildman–Crippen MR) is 113 cm³/mol. The summed E-state index contributed by atoms with van der Waals surface area (Å²) in [6, 6.07) is 5.29. The molecule has 2 aromatic rings. The number of carbonyl (C=O) groups excluding carboxylic acids is 1. The number of carbonyl (C=O) groups is 1. The first-order valence-electron chi connectivity index (χ1n) is 9.90. The highest BCUT2D eigenvalue weighted by molar-refractivity contribution is 9.10. The Bertz CT molecular complexity index is 1070. The quantitative estimate of drug-likeness (QED) is 0.627. The van der Waals surface area contributed by atoms with Gasteiger partial charge in [-0.25, -0.2) is 4.39 Å². The van der Waals surface area contributed by atoms with Crippen molar-refractivity contribution in [3.8, 4) is 0 Å². The number of hydrogen-bond acceptors (Lipinski definition) is 3. The van der Waals surface area contributed by atoms with Gasteiger partial charge in [-0.2, -0.15) is 0 Å². The van der Waals surface area contributed by atoms with E-state index in [1.807, 2.05) is 29.6 Å². The van der Waals surface area contributed by atoms with Crippen LogP contribution in [-0.4, -0.2) is 46.2 Å². The number of fused-ring (bicyclic) bond motifs is 3. The maximum Gasteiger partial charge on any atom is 0.228 e. The van der Waals surface area contributed by atoms with Crippen LogP contribution in [0.15, 0.2) is 22.7 Å². The normalized spacial score (nSPS) is 27.0. The Morgan fingerprint density at radius 2 is 2.28 bits per heavy atom. The van der Waals surface area contributed by atoms with Crippen molar-refractivity contribution in [2.75, 3.05) is 20.3 Å². The van der Waals surface area contributed by atoms with E-state index in [0.717, 1.165) is 34.3 Å². The molecule has 1 aromatic heterocycles. The fourth-order valence-electron chi connectivity index (χ4n) is 5.16. The predicted octanol–water partition coefficient (Wildman–Crippen LogP) is 3.69. The van der Waals surface area contributed by atoms with E-state index in [4.69, 9.17) is 17.0 Å². The molecule has 2 aliphatic heterocycles. The maximum atomic E-state index is 14.7. The molecule has 1 amide bonds. The van der Waals surface area contributed by atoms with Crippen molar-refractivity contribution in [1.82, 2.24) is 14.0 Å². The second kappa shape index (κ2) is 6.75. The minimum atomic E-state index is -0.242. The van der Waals surface area contributed by atoms with Crippen LogP contribution in [0.25, 0.3) is 0 Å². The van der Waals surface area contributed by atoms with Gasteiger partial charge in [0.1, 0.15) is 5.82 Å². The first kappa shape index (κ1) is 19.5. The summed E-state index contributed by atoms with van der Waals surface area (Å²) in [6.07, 6.45) is 2.08. The molecule has 1 saturated heterocycles. The molecule has 5 nitrogen and oxygen atoms in total. The number of rotatable bonds is 4. The van der Waals surface area contributed by atoms with Gasteiger partial charge >= 0.3 is 0 Å². The number of likely N-dealkylation sites (N-methyl/N-ethyl adjacent to an activating group) is 1. The molecule has 29 heavy (non-hydrogen) atoms. The minimum Gasteiger partial charge on any atom is -0.379 e. The van der Waals surface area contributed by atoms with E-state index in [0.29, 0.717) is 31.0 Å². The SMILES string of the molecule is CN(C(=O)Cc1c2n(c(=S)n1C)C[C@@]1(c3cc(Br)ccc3F)C[C@@H]21)C1CCOC1. The average Bonchev–Trinajstić information content (AvgIpc) is 3.02. The van der Waals surface area contributed by atoms with Crippen molar-refractivity contribution in [3.05, 3.63) is 50.2 Å². The number of imidazole rings is 1. The third-order valence-electron chi connectivity index (χ3n) is 6.99. The zero-order valence-electron chi connectivity index (χ0n) is 16.5. The van der Waals surface area contributed by atoms with E-state index in [1.165, 1.54) is 6.07 Å². The minimum absolute atomic E-state index is 0.0753. The zero-order chi connectivity index (χ0) is 20.5. The first-order valence-corrected chi connectivity index (χ1v) is 11.1. The summed E-state index contributed by atoms with van der Waals surface area (Å²) in [5.41, 5.74) is 2.58. The lowest BCUT2D eigenvalue weighted by Crippen LogP contribution is -2.38. The van der Waals surface area contributed by atoms with Crippen LogP contribution in [0, 0.1) is 10.6 Å². The topological polar surface area (TPSA) is 39.4 Å². The van der Waals surface area contributed by atoms with Gasteiger partial charge in [-0.1, -0.05) is 15.9 Å². The maximum absolute atomic E-state index is 14.7. The van der Waals surface area contributed by atoms with Gasteiger partial charge in [0.05, 0.1) is 19.1 Å². The molecule has 0 radical (unpaired) electrons. The summed E-state index contributed by atoms with van der Waals surface area (Å²) in [7, 11) is 3.78. The smallest absolute Gasteiger partial charge is 0.228 e. The highest BCUT2D eigenvalue weighted by Gasteiger charge is 2.63. The Labute approximate surface area is 182 Å². The Morgan fingerprint density at radius 1 is 1.48 bits per heavy atom. The second-order valence-electron chi connectivity index (χ2n) is 8.50. The fraction of sp³-hybridized carbons (Fsp3) is 0.524. The molecule has 5 rings (SSSR count). The molecular weight excluding hydrogens is 457 g/mol. The monoisotopic (exact) mass is 479 g/mol. The van der Waals surface area contributed by atoms with E-state index in [2.05, 4.69) is 20.5 Å². The molecule has 1 aromatic carbocycles. The summed E-state index contributed by atoms with van der Waals surface area (Å²) in [4.78, 5) is 14.8. The van der Waals surface area contributed by atoms with Gasteiger partial charge < -0.3 is 18.8 Å². The van der Waals surface area contributed by atoms with E-state index in [1.54, 1.807) is 6.07 Å². The molecule has 1 aliphatic carbocycles. The number of halogens is 2. The molecule has 8 heteroatoms. The number of hydrogen-bond donors (Lipinski definition) is 0. The first-order chi connectivity index (χ1) is 13.8. The van der Waals surface area contributed by atoms with Crippen LogP contribution in [0.5, 0.6) is 0 Å². The lowest BCUT2D eigenvalue weighted by atomic mass is 9.93. The van der Waals surface area contributed by atoms with Crippen LogP contribution < -0.4 is 0 Å². The number of amides is 1. The van der Waals surface area contributed by atoms with Gasteiger partial charge in [-0.3, -0.25) is 4.79 Å². The highest BCUT2D eigenvalue weighted by Crippen LogP contribution is 2.66. The molecule has 3 aliphatic rings. The van der Waals surface area contributed by atoms with Crippen LogP contribution in [0.1, 0.15) is 35.7 Å². The van der Waals surface area contributed by atoms with Crippen LogP contribution in [0.3, 0.4) is 0 Å². The van der Waals surface area contributed by atoms with Crippen molar-refractivity contribution >= 4 is 34.1 Å². The van der Waals surface area contributed by atoms with Gasteiger partial charge in [-0.05, 0) is 48.8 Å². The molecular formula is C21H23BrFN3O2S. The number of nitrogens with zero attached hydrogens (tertiary/aromatic N) is 3. The van der Waals surface area contributed by atoms with Crippen LogP contribution in [0.4, 0.5) is 4.39 Å². The van der Waals surface area contributed by atoms with Crippen molar-refractivity contribution in [3.63, 3.8) is 0 Å². The molecule has 3 atom stereocenters. The summed E-state index contributed by atoms with van der Waals surface area (Å²) in [5.74, 6) is 0.110. The van der Waals surface area contributed by atoms with Crippen LogP contribution >= 0.6 is 28.1 Å². The second-order valence-corrected chi connectivity index (χ2v) is 9.78. The number of ether oxygens (including phenoxy) is 1. The van der Waals surface area contributed by atoms with Gasteiger partial charge in [0.2, 0.25) is 5.91 Å². The molecule has 0 N–H and O–H groups in total. The summed E-state index contributed by atoms with van der Waals surface area (Å²) in [5, 5.41) is 0. The Hall–Kier alpha value is -1.51. The highest BCUT2D eigenvalue weighted by atomic mass is 79.9. The third-order valence-corrected chi connectivity index (χ3v) is 7.97. The molecule has 0 bridgehead atoms. The standard InChI is InChI=1S/C21H23BrFN3O2S/c1-24(13-5-6-28-10-13)18(27)8-17-19-15-9-21(15,11-26(19)20(29)25(17)2)14-7-12(22)3-4-16(14)23/h3-4,7,13,15H,5-6,8-11H2,1-2H3/t13?,15-,21+/m0/s1. The Balaban J connectivity index is 1.47. The van der Waals surface area contributed by atoms with E-state index >= 15 is 0 Å². The molecule has 154 valence electrons. The average molecular weight is 480 g/mol. The van der Waals surface area contributed by atoms with Crippen LogP contribution in [0.2, 0.25) is 0 Å². The fourth-order valence-corrected chi connectivity index (χ4v) is 5.79. The lowest BCUT2D eigenvalue weighted by Gasteiger charge is -2.23. The van der Waals surface area contributed by atoms with E-state index < -0.39 is 0 Å². The zero-order valence-corrected chi connectivity index (χ0v) is 18.9. The van der Waals surface area contributed by atoms with Gasteiger partial charge in [-0.15, -0.1) is 0 Å². The summed E-state index contributed by atoms with van der Waals surface area (Å²) < 4.78 is 25.7. The van der Waals surface area contributed by atoms with Crippen molar-refractivity contribution in [1.29, 1.82) is 0 Å². The largest absolute Gasteiger partial charge is 0.379 e. The number of aromatic nitrogens is 2. The van der Waals surface area contributed by atoms with Gasteiger partial charge in [0.15, 0.2) is 4.77 Å². The molecule has 1 saturated carbocycles. The summed E-state index contributed by atoms with van der Waals surface area (Å²) >= 11 is 9.15. The third kappa shape index (κ3) is 2.86. The number of benzene rings is 1. The molecule has 0 spiro atoms. The molecule has 2 fully saturated rings. The van der Waals surface area contributed by atoms with Gasteiger partial charge in [0, 0.05) is 54.4 Å². The molecule has 1 unspecified atom stereocenters. The Kier molecular flexibility index (Phi) is 4.53. The Morgan fingerprint density at radius 3 is 3.00 bits per heavy atom. The molecule has 3 heterocycles. The van der Waals surface area contributed by atoms with Crippen molar-refractivity contribution in [2.24, 2.45) is 7.05 Å². The summed E-state index contributed by atoms with van der Waals surface area (Å²) in [6.45, 7) is 1.98. The van der Waals surface area contributed by atoms with Crippen molar-refractivity contribution < 1.29 is 13.9 Å². The van der Waals surface area contributed by atoms with E-state index in [9.17, 15) is 9.18 Å². The lowest BCUT2D eigenvalue weighted by molar-refractivity contribution is -0.131.